The van der Waals surface area contributed by atoms with Gasteiger partial charge in [-0.25, -0.2) is 0 Å². The van der Waals surface area contributed by atoms with Crippen LogP contribution in [0.2, 0.25) is 0 Å². The van der Waals surface area contributed by atoms with E-state index in [1.807, 2.05) is 0 Å². The van der Waals surface area contributed by atoms with Gasteiger partial charge in [-0.3, -0.25) is 9.69 Å². The fourth-order valence-corrected chi connectivity index (χ4v) is 4.82. The molecule has 2 aliphatic heterocycles. The zero-order valence-electron chi connectivity index (χ0n) is 14.9. The Hall–Kier alpha value is -0.950. The highest BCUT2D eigenvalue weighted by atomic mass is 32.1. The second-order valence-corrected chi connectivity index (χ2v) is 7.88. The predicted molar refractivity (Wildman–Crippen MR) is 99.8 cm³/mol. The number of likely N-dealkylation sites (tertiary alicyclic amines) is 1. The SMILES string of the molecule is O=C(CCc1ccsc1)N1CCC(N2CCOCC2)C(CCCO)C1. The van der Waals surface area contributed by atoms with Gasteiger partial charge in [-0.05, 0) is 54.0 Å². The maximum atomic E-state index is 12.6. The quantitative estimate of drug-likeness (QED) is 0.802. The molecule has 5 nitrogen and oxygen atoms in total. The first-order valence-electron chi connectivity index (χ1n) is 9.49. The van der Waals surface area contributed by atoms with Gasteiger partial charge >= 0.3 is 0 Å². The molecule has 1 aromatic heterocycles. The third-order valence-corrected chi connectivity index (χ3v) is 6.23. The Kier molecular flexibility index (Phi) is 7.28. The van der Waals surface area contributed by atoms with Crippen molar-refractivity contribution in [3.8, 4) is 0 Å². The van der Waals surface area contributed by atoms with Gasteiger partial charge in [-0.1, -0.05) is 0 Å². The number of carbonyl (C=O) groups is 1. The van der Waals surface area contributed by atoms with Gasteiger partial charge < -0.3 is 14.7 Å². The molecule has 3 heterocycles. The normalized spacial score (nSPS) is 25.2. The van der Waals surface area contributed by atoms with Crippen LogP contribution >= 0.6 is 11.3 Å². The van der Waals surface area contributed by atoms with Crippen LogP contribution in [0.3, 0.4) is 0 Å². The second-order valence-electron chi connectivity index (χ2n) is 7.10. The summed E-state index contributed by atoms with van der Waals surface area (Å²) < 4.78 is 5.49. The Morgan fingerprint density at radius 3 is 2.88 bits per heavy atom. The van der Waals surface area contributed by atoms with Crippen molar-refractivity contribution in [3.63, 3.8) is 0 Å². The molecular formula is C19H30N2O3S. The number of aliphatic hydroxyl groups excluding tert-OH is 1. The van der Waals surface area contributed by atoms with Gasteiger partial charge in [0.25, 0.3) is 0 Å². The number of aliphatic hydroxyl groups is 1. The summed E-state index contributed by atoms with van der Waals surface area (Å²) in [5.41, 5.74) is 1.26. The van der Waals surface area contributed by atoms with Crippen LogP contribution in [0, 0.1) is 5.92 Å². The number of rotatable bonds is 7. The fraction of sp³-hybridized carbons (Fsp3) is 0.737. The van der Waals surface area contributed by atoms with E-state index >= 15 is 0 Å². The van der Waals surface area contributed by atoms with Gasteiger partial charge in [0.2, 0.25) is 5.91 Å². The van der Waals surface area contributed by atoms with E-state index in [-0.39, 0.29) is 12.5 Å². The van der Waals surface area contributed by atoms with E-state index in [2.05, 4.69) is 26.6 Å². The minimum absolute atomic E-state index is 0.235. The lowest BCUT2D eigenvalue weighted by Gasteiger charge is -2.45. The highest BCUT2D eigenvalue weighted by Crippen LogP contribution is 2.27. The summed E-state index contributed by atoms with van der Waals surface area (Å²) in [4.78, 5) is 17.2. The lowest BCUT2D eigenvalue weighted by Crippen LogP contribution is -2.55. The highest BCUT2D eigenvalue weighted by molar-refractivity contribution is 7.07. The number of morpholine rings is 1. The third kappa shape index (κ3) is 5.26. The fourth-order valence-electron chi connectivity index (χ4n) is 4.12. The molecule has 2 saturated heterocycles. The smallest absolute Gasteiger partial charge is 0.222 e. The summed E-state index contributed by atoms with van der Waals surface area (Å²) >= 11 is 1.69. The average molecular weight is 367 g/mol. The molecule has 2 unspecified atom stereocenters. The van der Waals surface area contributed by atoms with Gasteiger partial charge in [0, 0.05) is 45.2 Å². The Labute approximate surface area is 154 Å². The molecule has 140 valence electrons. The van der Waals surface area contributed by atoms with Crippen LogP contribution < -0.4 is 0 Å². The standard InChI is InChI=1S/C19H30N2O3S/c22-10-1-2-17-14-21(19(23)4-3-16-6-13-25-15-16)7-5-18(17)20-8-11-24-12-9-20/h6,13,15,17-18,22H,1-5,7-12,14H2. The summed E-state index contributed by atoms with van der Waals surface area (Å²) in [6.07, 6.45) is 4.30. The molecular weight excluding hydrogens is 336 g/mol. The van der Waals surface area contributed by atoms with Crippen molar-refractivity contribution in [3.05, 3.63) is 22.4 Å². The van der Waals surface area contributed by atoms with Crippen molar-refractivity contribution in [1.29, 1.82) is 0 Å². The van der Waals surface area contributed by atoms with E-state index in [4.69, 9.17) is 4.74 Å². The van der Waals surface area contributed by atoms with Gasteiger partial charge in [-0.15, -0.1) is 0 Å². The van der Waals surface area contributed by atoms with Crippen molar-refractivity contribution in [1.82, 2.24) is 9.80 Å². The monoisotopic (exact) mass is 366 g/mol. The zero-order chi connectivity index (χ0) is 17.5. The minimum Gasteiger partial charge on any atom is -0.396 e. The minimum atomic E-state index is 0.235. The average Bonchev–Trinajstić information content (AvgIpc) is 3.18. The van der Waals surface area contributed by atoms with Crippen molar-refractivity contribution in [2.24, 2.45) is 5.92 Å². The zero-order valence-corrected chi connectivity index (χ0v) is 15.8. The van der Waals surface area contributed by atoms with Gasteiger partial charge in [-0.2, -0.15) is 11.3 Å². The molecule has 6 heteroatoms. The van der Waals surface area contributed by atoms with Crippen molar-refractivity contribution < 1.29 is 14.6 Å². The molecule has 1 amide bonds. The Morgan fingerprint density at radius 2 is 2.16 bits per heavy atom. The number of piperidine rings is 1. The molecule has 2 atom stereocenters. The molecule has 0 radical (unpaired) electrons. The molecule has 0 bridgehead atoms. The number of hydrogen-bond donors (Lipinski definition) is 1. The molecule has 1 aromatic rings. The van der Waals surface area contributed by atoms with Crippen LogP contribution in [0.5, 0.6) is 0 Å². The van der Waals surface area contributed by atoms with Gasteiger partial charge in [0.15, 0.2) is 0 Å². The Balaban J connectivity index is 1.55. The Morgan fingerprint density at radius 1 is 1.32 bits per heavy atom. The van der Waals surface area contributed by atoms with Crippen LogP contribution in [0.25, 0.3) is 0 Å². The number of thiophene rings is 1. The summed E-state index contributed by atoms with van der Waals surface area (Å²) in [5, 5.41) is 13.4. The van der Waals surface area contributed by atoms with Gasteiger partial charge in [0.1, 0.15) is 0 Å². The van der Waals surface area contributed by atoms with E-state index in [9.17, 15) is 9.90 Å². The molecule has 0 spiro atoms. The van der Waals surface area contributed by atoms with E-state index in [0.29, 0.717) is 18.4 Å². The lowest BCUT2D eigenvalue weighted by atomic mass is 9.86. The van der Waals surface area contributed by atoms with Crippen LogP contribution in [-0.4, -0.2) is 72.9 Å². The Bertz CT molecular complexity index is 517. The number of ether oxygens (including phenoxy) is 1. The molecule has 1 N–H and O–H groups in total. The summed E-state index contributed by atoms with van der Waals surface area (Å²) in [5.74, 6) is 0.740. The van der Waals surface area contributed by atoms with E-state index in [0.717, 1.165) is 65.1 Å². The van der Waals surface area contributed by atoms with Crippen LogP contribution in [0.4, 0.5) is 0 Å². The lowest BCUT2D eigenvalue weighted by molar-refractivity contribution is -0.134. The molecule has 2 aliphatic rings. The molecule has 2 fully saturated rings. The van der Waals surface area contributed by atoms with Crippen molar-refractivity contribution >= 4 is 17.2 Å². The first kappa shape index (κ1) is 18.8. The first-order chi connectivity index (χ1) is 12.3. The van der Waals surface area contributed by atoms with Crippen LogP contribution in [0.1, 0.15) is 31.2 Å². The van der Waals surface area contributed by atoms with E-state index < -0.39 is 0 Å². The summed E-state index contributed by atoms with van der Waals surface area (Å²) in [6, 6.07) is 2.63. The van der Waals surface area contributed by atoms with Gasteiger partial charge in [0.05, 0.1) is 13.2 Å². The van der Waals surface area contributed by atoms with E-state index in [1.54, 1.807) is 11.3 Å². The maximum Gasteiger partial charge on any atom is 0.222 e. The summed E-state index contributed by atoms with van der Waals surface area (Å²) in [7, 11) is 0. The number of nitrogens with zero attached hydrogens (tertiary/aromatic N) is 2. The predicted octanol–water partition coefficient (Wildman–Crippen LogP) is 2.00. The third-order valence-electron chi connectivity index (χ3n) is 5.50. The van der Waals surface area contributed by atoms with Crippen LogP contribution in [0.15, 0.2) is 16.8 Å². The number of aryl methyl sites for hydroxylation is 1. The maximum absolute atomic E-state index is 12.6. The van der Waals surface area contributed by atoms with Crippen LogP contribution in [-0.2, 0) is 16.0 Å². The number of hydrogen-bond acceptors (Lipinski definition) is 5. The topological polar surface area (TPSA) is 53.0 Å². The number of amides is 1. The molecule has 3 rings (SSSR count). The van der Waals surface area contributed by atoms with Crippen molar-refractivity contribution in [2.45, 2.75) is 38.1 Å². The molecule has 0 aromatic carbocycles. The molecule has 0 saturated carbocycles. The summed E-state index contributed by atoms with van der Waals surface area (Å²) in [6.45, 7) is 5.54. The van der Waals surface area contributed by atoms with Crippen molar-refractivity contribution in [2.75, 3.05) is 46.0 Å². The van der Waals surface area contributed by atoms with E-state index in [1.165, 1.54) is 5.56 Å². The highest BCUT2D eigenvalue weighted by Gasteiger charge is 2.34. The first-order valence-corrected chi connectivity index (χ1v) is 10.4. The number of carbonyl (C=O) groups excluding carboxylic acids is 1. The molecule has 25 heavy (non-hydrogen) atoms. The largest absolute Gasteiger partial charge is 0.396 e. The molecule has 0 aliphatic carbocycles. The second kappa shape index (κ2) is 9.67.